The van der Waals surface area contributed by atoms with Crippen LogP contribution in [0.4, 0.5) is 10.5 Å². The van der Waals surface area contributed by atoms with Crippen molar-refractivity contribution < 1.29 is 28.6 Å². The number of ether oxygens (including phenoxy) is 3. The molecule has 9 heteroatoms. The molecule has 4 amide bonds. The van der Waals surface area contributed by atoms with Gasteiger partial charge in [-0.3, -0.25) is 14.9 Å². The Labute approximate surface area is 223 Å². The number of urea groups is 1. The first kappa shape index (κ1) is 26.0. The molecule has 1 aliphatic rings. The molecule has 0 unspecified atom stereocenters. The standard InChI is InChI=1S/C28H25BrN2O6/c1-3-14-36-21-11-9-20(10-12-21)31-27(33)22(26(32)30-28(31)34)15-18-8-13-24(25(16-18)35-2)37-17-19-6-4-5-7-23(19)29/h4-13,15-16H,3,14,17H2,1-2H3,(H,30,32,34)/b22-15-. The fourth-order valence-corrected chi connectivity index (χ4v) is 4.03. The van der Waals surface area contributed by atoms with Crippen molar-refractivity contribution in [1.82, 2.24) is 5.32 Å². The Balaban J connectivity index is 1.56. The first-order chi connectivity index (χ1) is 17.9. The van der Waals surface area contributed by atoms with Gasteiger partial charge in [0.1, 0.15) is 17.9 Å². The zero-order valence-corrected chi connectivity index (χ0v) is 21.9. The number of barbiturate groups is 1. The molecule has 37 heavy (non-hydrogen) atoms. The maximum absolute atomic E-state index is 13.2. The van der Waals surface area contributed by atoms with Gasteiger partial charge in [0.2, 0.25) is 0 Å². The Morgan fingerprint density at radius 2 is 1.70 bits per heavy atom. The van der Waals surface area contributed by atoms with Crippen LogP contribution in [-0.4, -0.2) is 31.6 Å². The van der Waals surface area contributed by atoms with E-state index >= 15 is 0 Å². The minimum Gasteiger partial charge on any atom is -0.494 e. The summed E-state index contributed by atoms with van der Waals surface area (Å²) >= 11 is 3.50. The van der Waals surface area contributed by atoms with Crippen molar-refractivity contribution in [2.75, 3.05) is 18.6 Å². The number of rotatable bonds is 9. The van der Waals surface area contributed by atoms with Crippen LogP contribution in [0.15, 0.2) is 76.8 Å². The SMILES string of the molecule is CCCOc1ccc(N2C(=O)NC(=O)/C(=C/c3ccc(OCc4ccccc4Br)c(OC)c3)C2=O)cc1. The van der Waals surface area contributed by atoms with Crippen molar-refractivity contribution in [3.05, 3.63) is 87.9 Å². The molecule has 8 nitrogen and oxygen atoms in total. The van der Waals surface area contributed by atoms with Gasteiger partial charge in [0.05, 0.1) is 19.4 Å². The lowest BCUT2D eigenvalue weighted by molar-refractivity contribution is -0.122. The molecule has 190 valence electrons. The summed E-state index contributed by atoms with van der Waals surface area (Å²) in [4.78, 5) is 39.2. The molecule has 1 fully saturated rings. The van der Waals surface area contributed by atoms with E-state index in [1.807, 2.05) is 31.2 Å². The number of hydrogen-bond donors (Lipinski definition) is 1. The number of halogens is 1. The summed E-state index contributed by atoms with van der Waals surface area (Å²) in [5, 5.41) is 2.23. The van der Waals surface area contributed by atoms with Crippen LogP contribution >= 0.6 is 15.9 Å². The number of nitrogens with one attached hydrogen (secondary N) is 1. The summed E-state index contributed by atoms with van der Waals surface area (Å²) in [5.41, 5.74) is 1.63. The van der Waals surface area contributed by atoms with Gasteiger partial charge in [-0.2, -0.15) is 0 Å². The topological polar surface area (TPSA) is 94.2 Å². The second kappa shape index (κ2) is 11.7. The van der Waals surface area contributed by atoms with Crippen LogP contribution in [0.5, 0.6) is 17.2 Å². The van der Waals surface area contributed by atoms with Crippen LogP contribution in [0, 0.1) is 0 Å². The van der Waals surface area contributed by atoms with Gasteiger partial charge in [-0.15, -0.1) is 0 Å². The van der Waals surface area contributed by atoms with E-state index in [-0.39, 0.29) is 5.57 Å². The third kappa shape index (κ3) is 6.00. The predicted molar refractivity (Wildman–Crippen MR) is 143 cm³/mol. The molecule has 3 aromatic carbocycles. The smallest absolute Gasteiger partial charge is 0.335 e. The average molecular weight is 565 g/mol. The third-order valence-corrected chi connectivity index (χ3v) is 6.28. The molecule has 0 saturated carbocycles. The summed E-state index contributed by atoms with van der Waals surface area (Å²) in [7, 11) is 1.50. The molecule has 0 aliphatic carbocycles. The van der Waals surface area contributed by atoms with Gasteiger partial charge >= 0.3 is 6.03 Å². The van der Waals surface area contributed by atoms with Crippen LogP contribution in [0.1, 0.15) is 24.5 Å². The number of benzene rings is 3. The fraction of sp³-hybridized carbons (Fsp3) is 0.179. The van der Waals surface area contributed by atoms with Crippen molar-refractivity contribution in [1.29, 1.82) is 0 Å². The number of hydrogen-bond acceptors (Lipinski definition) is 6. The fourth-order valence-electron chi connectivity index (χ4n) is 3.63. The van der Waals surface area contributed by atoms with Crippen molar-refractivity contribution in [3.8, 4) is 17.2 Å². The number of carbonyl (C=O) groups is 3. The quantitative estimate of drug-likeness (QED) is 0.273. The Morgan fingerprint density at radius 3 is 2.41 bits per heavy atom. The number of amides is 4. The normalized spacial score (nSPS) is 14.5. The number of methoxy groups -OCH3 is 1. The second-order valence-electron chi connectivity index (χ2n) is 8.09. The van der Waals surface area contributed by atoms with Gasteiger partial charge in [0.25, 0.3) is 11.8 Å². The summed E-state index contributed by atoms with van der Waals surface area (Å²) in [6.45, 7) is 2.87. The Morgan fingerprint density at radius 1 is 0.946 bits per heavy atom. The second-order valence-corrected chi connectivity index (χ2v) is 8.94. The van der Waals surface area contributed by atoms with Gasteiger partial charge in [-0.25, -0.2) is 9.69 Å². The van der Waals surface area contributed by atoms with Crippen LogP contribution in [0.3, 0.4) is 0 Å². The molecule has 1 saturated heterocycles. The average Bonchev–Trinajstić information content (AvgIpc) is 2.90. The van der Waals surface area contributed by atoms with E-state index in [2.05, 4.69) is 21.2 Å². The van der Waals surface area contributed by atoms with E-state index in [0.717, 1.165) is 21.4 Å². The largest absolute Gasteiger partial charge is 0.494 e. The molecule has 0 atom stereocenters. The highest BCUT2D eigenvalue weighted by atomic mass is 79.9. The molecule has 1 heterocycles. The first-order valence-electron chi connectivity index (χ1n) is 11.6. The van der Waals surface area contributed by atoms with Crippen molar-refractivity contribution in [2.24, 2.45) is 0 Å². The lowest BCUT2D eigenvalue weighted by Crippen LogP contribution is -2.54. The summed E-state index contributed by atoms with van der Waals surface area (Å²) in [6.07, 6.45) is 2.27. The monoisotopic (exact) mass is 564 g/mol. The molecule has 0 spiro atoms. The molecule has 0 aromatic heterocycles. The van der Waals surface area contributed by atoms with Crippen molar-refractivity contribution >= 4 is 45.5 Å². The van der Waals surface area contributed by atoms with Crippen molar-refractivity contribution in [3.63, 3.8) is 0 Å². The van der Waals surface area contributed by atoms with E-state index in [0.29, 0.717) is 41.7 Å². The van der Waals surface area contributed by atoms with Crippen LogP contribution in [-0.2, 0) is 16.2 Å². The van der Waals surface area contributed by atoms with Gasteiger partial charge < -0.3 is 14.2 Å². The summed E-state index contributed by atoms with van der Waals surface area (Å²) < 4.78 is 17.9. The van der Waals surface area contributed by atoms with Gasteiger partial charge in [-0.05, 0) is 60.5 Å². The highest BCUT2D eigenvalue weighted by Gasteiger charge is 2.36. The highest BCUT2D eigenvalue weighted by molar-refractivity contribution is 9.10. The number of anilines is 1. The predicted octanol–water partition coefficient (Wildman–Crippen LogP) is 5.49. The molecular weight excluding hydrogens is 540 g/mol. The maximum Gasteiger partial charge on any atom is 0.335 e. The zero-order valence-electron chi connectivity index (χ0n) is 20.3. The van der Waals surface area contributed by atoms with Crippen LogP contribution in [0.2, 0.25) is 0 Å². The highest BCUT2D eigenvalue weighted by Crippen LogP contribution is 2.31. The van der Waals surface area contributed by atoms with E-state index in [4.69, 9.17) is 14.2 Å². The van der Waals surface area contributed by atoms with Gasteiger partial charge in [0, 0.05) is 10.0 Å². The minimum atomic E-state index is -0.817. The number of carbonyl (C=O) groups excluding carboxylic acids is 3. The van der Waals surface area contributed by atoms with E-state index in [1.54, 1.807) is 42.5 Å². The Bertz CT molecular complexity index is 1350. The van der Waals surface area contributed by atoms with Gasteiger partial charge in [-0.1, -0.05) is 47.1 Å². The minimum absolute atomic E-state index is 0.185. The molecule has 0 radical (unpaired) electrons. The van der Waals surface area contributed by atoms with Crippen molar-refractivity contribution in [2.45, 2.75) is 20.0 Å². The maximum atomic E-state index is 13.2. The molecule has 1 N–H and O–H groups in total. The Hall–Kier alpha value is -4.11. The van der Waals surface area contributed by atoms with E-state index < -0.39 is 17.8 Å². The summed E-state index contributed by atoms with van der Waals surface area (Å²) in [5.74, 6) is 0.0468. The van der Waals surface area contributed by atoms with E-state index in [9.17, 15) is 14.4 Å². The third-order valence-electron chi connectivity index (χ3n) is 5.51. The molecule has 4 rings (SSSR count). The van der Waals surface area contributed by atoms with Crippen LogP contribution < -0.4 is 24.4 Å². The lowest BCUT2D eigenvalue weighted by atomic mass is 10.1. The first-order valence-corrected chi connectivity index (χ1v) is 12.4. The number of nitrogens with zero attached hydrogens (tertiary/aromatic N) is 1. The molecule has 3 aromatic rings. The molecular formula is C28H25BrN2O6. The number of imide groups is 2. The van der Waals surface area contributed by atoms with Gasteiger partial charge in [0.15, 0.2) is 11.5 Å². The zero-order chi connectivity index (χ0) is 26.4. The van der Waals surface area contributed by atoms with Crippen LogP contribution in [0.25, 0.3) is 6.08 Å². The molecule has 0 bridgehead atoms. The van der Waals surface area contributed by atoms with E-state index in [1.165, 1.54) is 13.2 Å². The summed E-state index contributed by atoms with van der Waals surface area (Å²) in [6, 6.07) is 18.5. The lowest BCUT2D eigenvalue weighted by Gasteiger charge is -2.26. The molecule has 1 aliphatic heterocycles. The Kier molecular flexibility index (Phi) is 8.25.